The number of hydrogen-bond acceptors (Lipinski definition) is 1. The second-order valence-electron chi connectivity index (χ2n) is 6.56. The van der Waals surface area contributed by atoms with Crippen molar-refractivity contribution in [3.05, 3.63) is 23.8 Å². The molecule has 98 valence electrons. The lowest BCUT2D eigenvalue weighted by molar-refractivity contribution is 0.0780. The first kappa shape index (κ1) is 14.5. The number of allylic oxidation sites excluding steroid dienone is 3. The number of hydrogen-bond donors (Lipinski definition) is 1. The zero-order valence-corrected chi connectivity index (χ0v) is 12.2. The van der Waals surface area contributed by atoms with Crippen molar-refractivity contribution in [1.29, 1.82) is 0 Å². The first-order chi connectivity index (χ1) is 7.71. The predicted molar refractivity (Wildman–Crippen MR) is 74.9 cm³/mol. The van der Waals surface area contributed by atoms with Gasteiger partial charge in [-0.15, -0.1) is 0 Å². The van der Waals surface area contributed by atoms with E-state index in [2.05, 4.69) is 52.8 Å². The van der Waals surface area contributed by atoms with Gasteiger partial charge in [-0.2, -0.15) is 0 Å². The summed E-state index contributed by atoms with van der Waals surface area (Å²) in [5, 5.41) is 9.98. The molecule has 2 atom stereocenters. The van der Waals surface area contributed by atoms with Gasteiger partial charge in [0.05, 0.1) is 6.10 Å². The van der Waals surface area contributed by atoms with Gasteiger partial charge in [-0.3, -0.25) is 0 Å². The van der Waals surface area contributed by atoms with Crippen molar-refractivity contribution in [3.63, 3.8) is 0 Å². The van der Waals surface area contributed by atoms with Crippen LogP contribution < -0.4 is 0 Å². The Kier molecular flexibility index (Phi) is 4.24. The van der Waals surface area contributed by atoms with Gasteiger partial charge in [-0.25, -0.2) is 0 Å². The van der Waals surface area contributed by atoms with E-state index in [9.17, 15) is 5.11 Å². The third kappa shape index (κ3) is 3.01. The highest BCUT2D eigenvalue weighted by molar-refractivity contribution is 5.22. The highest BCUT2D eigenvalue weighted by Gasteiger charge is 2.33. The number of rotatable bonds is 4. The van der Waals surface area contributed by atoms with Crippen LogP contribution in [0.3, 0.4) is 0 Å². The van der Waals surface area contributed by atoms with E-state index in [0.29, 0.717) is 5.92 Å². The molecule has 0 spiro atoms. The van der Waals surface area contributed by atoms with Crippen LogP contribution in [0.1, 0.15) is 54.4 Å². The Hall–Kier alpha value is -0.560. The minimum atomic E-state index is -0.252. The number of aliphatic hydroxyl groups is 1. The molecule has 0 aromatic rings. The molecule has 0 fully saturated rings. The molecule has 1 N–H and O–H groups in total. The van der Waals surface area contributed by atoms with E-state index in [-0.39, 0.29) is 16.9 Å². The minimum Gasteiger partial charge on any atom is -0.392 e. The van der Waals surface area contributed by atoms with E-state index >= 15 is 0 Å². The fourth-order valence-corrected chi connectivity index (χ4v) is 2.47. The largest absolute Gasteiger partial charge is 0.392 e. The van der Waals surface area contributed by atoms with Gasteiger partial charge in [0.1, 0.15) is 0 Å². The second kappa shape index (κ2) is 4.97. The van der Waals surface area contributed by atoms with Gasteiger partial charge in [0, 0.05) is 5.41 Å². The van der Waals surface area contributed by atoms with Crippen LogP contribution in [0.5, 0.6) is 0 Å². The molecule has 1 aliphatic carbocycles. The maximum atomic E-state index is 9.98. The molecule has 0 radical (unpaired) electrons. The summed E-state index contributed by atoms with van der Waals surface area (Å²) in [6.45, 7) is 13.1. The summed E-state index contributed by atoms with van der Waals surface area (Å²) in [6.07, 6.45) is 8.55. The van der Waals surface area contributed by atoms with Gasteiger partial charge in [0.25, 0.3) is 0 Å². The SMILES string of the molecule is CC[C@@H](O)C(C)(C)/C=C/[C@H]1CC=C(C)C1(C)C. The molecule has 1 rings (SSSR count). The van der Waals surface area contributed by atoms with Gasteiger partial charge in [-0.05, 0) is 31.1 Å². The summed E-state index contributed by atoms with van der Waals surface area (Å²) in [5.41, 5.74) is 1.63. The third-order valence-electron chi connectivity index (χ3n) is 4.62. The predicted octanol–water partition coefficient (Wildman–Crippen LogP) is 4.33. The van der Waals surface area contributed by atoms with Crippen LogP contribution in [0.4, 0.5) is 0 Å². The Balaban J connectivity index is 2.74. The van der Waals surface area contributed by atoms with Crippen molar-refractivity contribution >= 4 is 0 Å². The maximum Gasteiger partial charge on any atom is 0.0622 e. The fraction of sp³-hybridized carbons (Fsp3) is 0.750. The normalized spacial score (nSPS) is 26.3. The molecule has 0 amide bonds. The Morgan fingerprint density at radius 3 is 2.53 bits per heavy atom. The van der Waals surface area contributed by atoms with Crippen LogP contribution in [-0.4, -0.2) is 11.2 Å². The molecule has 1 aliphatic rings. The summed E-state index contributed by atoms with van der Waals surface area (Å²) < 4.78 is 0. The molecule has 17 heavy (non-hydrogen) atoms. The van der Waals surface area contributed by atoms with Crippen LogP contribution in [0, 0.1) is 16.7 Å². The van der Waals surface area contributed by atoms with E-state index < -0.39 is 0 Å². The first-order valence-electron chi connectivity index (χ1n) is 6.76. The van der Waals surface area contributed by atoms with Gasteiger partial charge in [0.15, 0.2) is 0 Å². The lowest BCUT2D eigenvalue weighted by atomic mass is 9.76. The molecule has 0 heterocycles. The topological polar surface area (TPSA) is 20.2 Å². The summed E-state index contributed by atoms with van der Waals surface area (Å²) >= 11 is 0. The molecular formula is C16H28O. The zero-order valence-electron chi connectivity index (χ0n) is 12.2. The summed E-state index contributed by atoms with van der Waals surface area (Å²) in [4.78, 5) is 0. The fourth-order valence-electron chi connectivity index (χ4n) is 2.47. The van der Waals surface area contributed by atoms with E-state index in [4.69, 9.17) is 0 Å². The molecule has 0 unspecified atom stereocenters. The standard InChI is InChI=1S/C16H28O/c1-7-14(17)15(3,4)11-10-13-9-8-12(2)16(13,5)6/h8,10-11,13-14,17H,7,9H2,1-6H3/b11-10+/t13-,14-/m1/s1. The average molecular weight is 236 g/mol. The summed E-state index contributed by atoms with van der Waals surface area (Å²) in [5.74, 6) is 0.575. The van der Waals surface area contributed by atoms with Crippen molar-refractivity contribution in [2.24, 2.45) is 16.7 Å². The van der Waals surface area contributed by atoms with Crippen LogP contribution in [-0.2, 0) is 0 Å². The van der Waals surface area contributed by atoms with E-state index in [1.165, 1.54) is 5.57 Å². The lowest BCUT2D eigenvalue weighted by Gasteiger charge is -2.30. The van der Waals surface area contributed by atoms with Gasteiger partial charge < -0.3 is 5.11 Å². The highest BCUT2D eigenvalue weighted by Crippen LogP contribution is 2.44. The molecule has 0 aliphatic heterocycles. The monoisotopic (exact) mass is 236 g/mol. The Labute approximate surface area is 107 Å². The molecule has 0 saturated heterocycles. The van der Waals surface area contributed by atoms with Crippen LogP contribution in [0.15, 0.2) is 23.8 Å². The number of aliphatic hydroxyl groups excluding tert-OH is 1. The van der Waals surface area contributed by atoms with Crippen molar-refractivity contribution in [2.75, 3.05) is 0 Å². The van der Waals surface area contributed by atoms with Crippen LogP contribution in [0.2, 0.25) is 0 Å². The second-order valence-corrected chi connectivity index (χ2v) is 6.56. The first-order valence-corrected chi connectivity index (χ1v) is 6.76. The van der Waals surface area contributed by atoms with Gasteiger partial charge in [-0.1, -0.05) is 58.4 Å². The van der Waals surface area contributed by atoms with E-state index in [1.54, 1.807) is 0 Å². The molecule has 1 nitrogen and oxygen atoms in total. The van der Waals surface area contributed by atoms with Gasteiger partial charge in [0.2, 0.25) is 0 Å². The maximum absolute atomic E-state index is 9.98. The van der Waals surface area contributed by atoms with Crippen molar-refractivity contribution in [2.45, 2.75) is 60.5 Å². The highest BCUT2D eigenvalue weighted by atomic mass is 16.3. The molecule has 0 saturated carbocycles. The van der Waals surface area contributed by atoms with Crippen LogP contribution in [0.25, 0.3) is 0 Å². The quantitative estimate of drug-likeness (QED) is 0.720. The zero-order chi connectivity index (χ0) is 13.3. The van der Waals surface area contributed by atoms with Crippen LogP contribution >= 0.6 is 0 Å². The smallest absolute Gasteiger partial charge is 0.0622 e. The minimum absolute atomic E-state index is 0.124. The molecule has 1 heteroatoms. The van der Waals surface area contributed by atoms with E-state index in [0.717, 1.165) is 12.8 Å². The van der Waals surface area contributed by atoms with Crippen molar-refractivity contribution < 1.29 is 5.11 Å². The molecule has 0 bridgehead atoms. The van der Waals surface area contributed by atoms with Gasteiger partial charge >= 0.3 is 0 Å². The average Bonchev–Trinajstić information content (AvgIpc) is 2.50. The lowest BCUT2D eigenvalue weighted by Crippen LogP contribution is -2.27. The molecule has 0 aromatic carbocycles. The van der Waals surface area contributed by atoms with Crippen molar-refractivity contribution in [3.8, 4) is 0 Å². The van der Waals surface area contributed by atoms with E-state index in [1.807, 2.05) is 6.92 Å². The Morgan fingerprint density at radius 1 is 1.53 bits per heavy atom. The Morgan fingerprint density at radius 2 is 2.12 bits per heavy atom. The molecular weight excluding hydrogens is 208 g/mol. The third-order valence-corrected chi connectivity index (χ3v) is 4.62. The van der Waals surface area contributed by atoms with Crippen molar-refractivity contribution in [1.82, 2.24) is 0 Å². The summed E-state index contributed by atoms with van der Waals surface area (Å²) in [7, 11) is 0. The molecule has 0 aromatic heterocycles. The Bertz CT molecular complexity index is 320. The summed E-state index contributed by atoms with van der Waals surface area (Å²) in [6, 6.07) is 0.